The molecular weight excluding hydrogens is 222 g/mol. The molecule has 1 aromatic carbocycles. The van der Waals surface area contributed by atoms with E-state index in [9.17, 15) is 5.11 Å². The summed E-state index contributed by atoms with van der Waals surface area (Å²) in [5, 5.41) is 13.3. The molecule has 0 bridgehead atoms. The van der Waals surface area contributed by atoms with Gasteiger partial charge in [0.1, 0.15) is 0 Å². The minimum atomic E-state index is 0.337. The lowest BCUT2D eigenvalue weighted by Gasteiger charge is -2.27. The van der Waals surface area contributed by atoms with E-state index >= 15 is 0 Å². The molecule has 2 N–H and O–H groups in total. The minimum absolute atomic E-state index is 0.337. The maximum Gasteiger partial charge on any atom is 0.0474 e. The Morgan fingerprint density at radius 2 is 1.89 bits per heavy atom. The molecular formula is C16H23NO. The Morgan fingerprint density at radius 3 is 2.56 bits per heavy atom. The number of aliphatic hydroxyl groups excluding tert-OH is 1. The van der Waals surface area contributed by atoms with E-state index < -0.39 is 0 Å². The summed E-state index contributed by atoms with van der Waals surface area (Å²) in [5.41, 5.74) is 1.42. The molecule has 0 heterocycles. The SMILES string of the molecule is OCC1CCCC1NC(c1ccccc1)C1CC1. The normalized spacial score (nSPS) is 29.4. The third-order valence-corrected chi connectivity index (χ3v) is 4.54. The molecule has 2 heteroatoms. The van der Waals surface area contributed by atoms with E-state index in [0.717, 1.165) is 5.92 Å². The Balaban J connectivity index is 1.71. The first-order valence-corrected chi connectivity index (χ1v) is 7.30. The van der Waals surface area contributed by atoms with Crippen molar-refractivity contribution < 1.29 is 5.11 Å². The van der Waals surface area contributed by atoms with Gasteiger partial charge in [-0.2, -0.15) is 0 Å². The van der Waals surface area contributed by atoms with Gasteiger partial charge in [-0.1, -0.05) is 36.8 Å². The van der Waals surface area contributed by atoms with Crippen LogP contribution in [0.4, 0.5) is 0 Å². The van der Waals surface area contributed by atoms with Gasteiger partial charge in [-0.15, -0.1) is 0 Å². The number of rotatable bonds is 5. The molecule has 2 aliphatic carbocycles. The third-order valence-electron chi connectivity index (χ3n) is 4.54. The molecule has 2 nitrogen and oxygen atoms in total. The monoisotopic (exact) mass is 245 g/mol. The summed E-state index contributed by atoms with van der Waals surface area (Å²) in [5.74, 6) is 1.28. The molecule has 0 spiro atoms. The zero-order valence-electron chi connectivity index (χ0n) is 10.9. The van der Waals surface area contributed by atoms with E-state index in [1.165, 1.54) is 37.7 Å². The van der Waals surface area contributed by atoms with E-state index in [2.05, 4.69) is 35.6 Å². The molecule has 1 aromatic rings. The van der Waals surface area contributed by atoms with Gasteiger partial charge < -0.3 is 10.4 Å². The first-order chi connectivity index (χ1) is 8.88. The Bertz CT molecular complexity index is 374. The van der Waals surface area contributed by atoms with Crippen LogP contribution in [0.2, 0.25) is 0 Å². The molecule has 0 aromatic heterocycles. The van der Waals surface area contributed by atoms with Crippen LogP contribution in [-0.4, -0.2) is 17.8 Å². The Labute approximate surface area is 109 Å². The van der Waals surface area contributed by atoms with Crippen LogP contribution in [0.15, 0.2) is 30.3 Å². The van der Waals surface area contributed by atoms with Crippen LogP contribution in [0.5, 0.6) is 0 Å². The molecule has 98 valence electrons. The summed E-state index contributed by atoms with van der Waals surface area (Å²) in [6.45, 7) is 0.337. The molecule has 18 heavy (non-hydrogen) atoms. The summed E-state index contributed by atoms with van der Waals surface area (Å²) < 4.78 is 0. The fraction of sp³-hybridized carbons (Fsp3) is 0.625. The lowest BCUT2D eigenvalue weighted by Crippen LogP contribution is -2.37. The van der Waals surface area contributed by atoms with Gasteiger partial charge in [0, 0.05) is 18.7 Å². The first-order valence-electron chi connectivity index (χ1n) is 7.30. The van der Waals surface area contributed by atoms with E-state index in [4.69, 9.17) is 0 Å². The minimum Gasteiger partial charge on any atom is -0.396 e. The fourth-order valence-corrected chi connectivity index (χ4v) is 3.30. The number of benzene rings is 1. The summed E-state index contributed by atoms with van der Waals surface area (Å²) in [6.07, 6.45) is 6.36. The van der Waals surface area contributed by atoms with Crippen molar-refractivity contribution in [3.63, 3.8) is 0 Å². The quantitative estimate of drug-likeness (QED) is 0.836. The molecule has 2 saturated carbocycles. The van der Waals surface area contributed by atoms with E-state index in [0.29, 0.717) is 24.6 Å². The third kappa shape index (κ3) is 2.60. The van der Waals surface area contributed by atoms with E-state index in [1.54, 1.807) is 0 Å². The van der Waals surface area contributed by atoms with Gasteiger partial charge >= 0.3 is 0 Å². The van der Waals surface area contributed by atoms with Gasteiger partial charge in [0.05, 0.1) is 0 Å². The zero-order chi connectivity index (χ0) is 12.4. The second-order valence-electron chi connectivity index (χ2n) is 5.87. The fourth-order valence-electron chi connectivity index (χ4n) is 3.30. The maximum atomic E-state index is 9.43. The summed E-state index contributed by atoms with van der Waals surface area (Å²) >= 11 is 0. The second kappa shape index (κ2) is 5.41. The van der Waals surface area contributed by atoms with Crippen molar-refractivity contribution in [2.45, 2.75) is 44.2 Å². The van der Waals surface area contributed by atoms with Crippen LogP contribution in [0.1, 0.15) is 43.7 Å². The molecule has 2 aliphatic rings. The average Bonchev–Trinajstić information content (AvgIpc) is 3.16. The van der Waals surface area contributed by atoms with Gasteiger partial charge in [0.2, 0.25) is 0 Å². The van der Waals surface area contributed by atoms with Crippen LogP contribution in [0, 0.1) is 11.8 Å². The largest absolute Gasteiger partial charge is 0.396 e. The highest BCUT2D eigenvalue weighted by atomic mass is 16.3. The van der Waals surface area contributed by atoms with E-state index in [-0.39, 0.29) is 0 Å². The molecule has 0 amide bonds. The zero-order valence-corrected chi connectivity index (χ0v) is 10.9. The molecule has 3 atom stereocenters. The molecule has 3 unspecified atom stereocenters. The summed E-state index contributed by atoms with van der Waals surface area (Å²) in [6, 6.07) is 11.8. The Kier molecular flexibility index (Phi) is 3.67. The van der Waals surface area contributed by atoms with Crippen molar-refractivity contribution in [1.82, 2.24) is 5.32 Å². The Morgan fingerprint density at radius 1 is 1.11 bits per heavy atom. The van der Waals surface area contributed by atoms with Crippen molar-refractivity contribution in [1.29, 1.82) is 0 Å². The van der Waals surface area contributed by atoms with Crippen LogP contribution in [0.3, 0.4) is 0 Å². The van der Waals surface area contributed by atoms with Gasteiger partial charge in [0.15, 0.2) is 0 Å². The van der Waals surface area contributed by atoms with Crippen LogP contribution in [0.25, 0.3) is 0 Å². The lowest BCUT2D eigenvalue weighted by atomic mass is 9.98. The highest BCUT2D eigenvalue weighted by Gasteiger charge is 2.36. The smallest absolute Gasteiger partial charge is 0.0474 e. The van der Waals surface area contributed by atoms with Crippen molar-refractivity contribution in [3.05, 3.63) is 35.9 Å². The van der Waals surface area contributed by atoms with Gasteiger partial charge in [0.25, 0.3) is 0 Å². The topological polar surface area (TPSA) is 32.3 Å². The molecule has 2 fully saturated rings. The molecule has 0 aliphatic heterocycles. The van der Waals surface area contributed by atoms with Crippen LogP contribution >= 0.6 is 0 Å². The number of aliphatic hydroxyl groups is 1. The van der Waals surface area contributed by atoms with Crippen molar-refractivity contribution in [3.8, 4) is 0 Å². The highest BCUT2D eigenvalue weighted by molar-refractivity contribution is 5.21. The van der Waals surface area contributed by atoms with Crippen molar-refractivity contribution in [2.75, 3.05) is 6.61 Å². The summed E-state index contributed by atoms with van der Waals surface area (Å²) in [7, 11) is 0. The van der Waals surface area contributed by atoms with Crippen LogP contribution < -0.4 is 5.32 Å². The Hall–Kier alpha value is -0.860. The predicted molar refractivity (Wildman–Crippen MR) is 73.3 cm³/mol. The molecule has 0 saturated heterocycles. The summed E-state index contributed by atoms with van der Waals surface area (Å²) in [4.78, 5) is 0. The standard InChI is InChI=1S/C16H23NO/c18-11-14-7-4-8-15(14)17-16(13-9-10-13)12-5-2-1-3-6-12/h1-3,5-6,13-18H,4,7-11H2. The number of hydrogen-bond donors (Lipinski definition) is 2. The molecule has 0 radical (unpaired) electrons. The second-order valence-corrected chi connectivity index (χ2v) is 5.87. The van der Waals surface area contributed by atoms with Gasteiger partial charge in [-0.25, -0.2) is 0 Å². The highest BCUT2D eigenvalue weighted by Crippen LogP contribution is 2.42. The van der Waals surface area contributed by atoms with Crippen molar-refractivity contribution in [2.24, 2.45) is 11.8 Å². The lowest BCUT2D eigenvalue weighted by molar-refractivity contribution is 0.197. The number of hydrogen-bond acceptors (Lipinski definition) is 2. The average molecular weight is 245 g/mol. The van der Waals surface area contributed by atoms with Gasteiger partial charge in [-0.05, 0) is 43.1 Å². The van der Waals surface area contributed by atoms with Crippen molar-refractivity contribution >= 4 is 0 Å². The predicted octanol–water partition coefficient (Wildman–Crippen LogP) is 2.89. The number of nitrogens with one attached hydrogen (secondary N) is 1. The first kappa shape index (κ1) is 12.2. The van der Waals surface area contributed by atoms with Gasteiger partial charge in [-0.3, -0.25) is 0 Å². The van der Waals surface area contributed by atoms with E-state index in [1.807, 2.05) is 0 Å². The van der Waals surface area contributed by atoms with Crippen LogP contribution in [-0.2, 0) is 0 Å². The maximum absolute atomic E-state index is 9.43. The molecule has 3 rings (SSSR count).